The van der Waals surface area contributed by atoms with Gasteiger partial charge in [-0.2, -0.15) is 0 Å². The van der Waals surface area contributed by atoms with Crippen molar-refractivity contribution in [2.75, 3.05) is 13.1 Å². The van der Waals surface area contributed by atoms with Gasteiger partial charge in [-0.15, -0.1) is 0 Å². The predicted octanol–water partition coefficient (Wildman–Crippen LogP) is 4.25. The third-order valence-corrected chi connectivity index (χ3v) is 5.94. The molecule has 0 saturated carbocycles. The summed E-state index contributed by atoms with van der Waals surface area (Å²) in [5, 5.41) is 11.7. The highest BCUT2D eigenvalue weighted by atomic mass is 16.3. The first-order chi connectivity index (χ1) is 14.2. The van der Waals surface area contributed by atoms with E-state index < -0.39 is 6.10 Å². The van der Waals surface area contributed by atoms with Crippen LogP contribution in [0.5, 0.6) is 0 Å². The van der Waals surface area contributed by atoms with Crippen LogP contribution in [0.1, 0.15) is 41.3 Å². The molecule has 0 spiro atoms. The number of aliphatic hydroxyl groups is 1. The Morgan fingerprint density at radius 3 is 2.69 bits per heavy atom. The molecule has 4 rings (SSSR count). The van der Waals surface area contributed by atoms with Gasteiger partial charge >= 0.3 is 0 Å². The molecule has 2 heterocycles. The van der Waals surface area contributed by atoms with Gasteiger partial charge in [-0.1, -0.05) is 43.7 Å². The van der Waals surface area contributed by atoms with E-state index in [0.717, 1.165) is 30.2 Å². The normalized spacial score (nSPS) is 19.0. The molecule has 1 amide bonds. The van der Waals surface area contributed by atoms with Gasteiger partial charge in [-0.05, 0) is 54.7 Å². The largest absolute Gasteiger partial charge is 0.391 e. The molecular formula is C25H28N2O2. The molecule has 1 aliphatic rings. The molecule has 0 aliphatic carbocycles. The van der Waals surface area contributed by atoms with Crippen molar-refractivity contribution >= 4 is 16.8 Å². The minimum Gasteiger partial charge on any atom is -0.391 e. The first kappa shape index (κ1) is 19.6. The number of β-amino-alcohol motifs (C(OH)–C–C–N with tert-alkyl or cyclic N) is 1. The quantitative estimate of drug-likeness (QED) is 0.687. The molecule has 2 aromatic carbocycles. The zero-order valence-electron chi connectivity index (χ0n) is 16.9. The molecule has 0 unspecified atom stereocenters. The number of hydrogen-bond donors (Lipinski definition) is 1. The van der Waals surface area contributed by atoms with E-state index in [1.54, 1.807) is 4.90 Å². The summed E-state index contributed by atoms with van der Waals surface area (Å²) in [7, 11) is 0. The topological polar surface area (TPSA) is 53.4 Å². The number of fused-ring (bicyclic) bond motifs is 1. The monoisotopic (exact) mass is 388 g/mol. The number of aliphatic hydroxyl groups excluding tert-OH is 1. The number of aryl methyl sites for hydroxylation is 1. The van der Waals surface area contributed by atoms with Crippen molar-refractivity contribution < 1.29 is 9.90 Å². The summed E-state index contributed by atoms with van der Waals surface area (Å²) in [5.41, 5.74) is 4.11. The average molecular weight is 389 g/mol. The van der Waals surface area contributed by atoms with E-state index in [2.05, 4.69) is 30.1 Å². The lowest BCUT2D eigenvalue weighted by molar-refractivity contribution is 0.0764. The van der Waals surface area contributed by atoms with E-state index in [4.69, 9.17) is 0 Å². The summed E-state index contributed by atoms with van der Waals surface area (Å²) in [6, 6.07) is 18.0. The molecule has 1 aliphatic heterocycles. The Balaban J connectivity index is 1.44. The fourth-order valence-corrected chi connectivity index (χ4v) is 4.21. The molecule has 150 valence electrons. The highest BCUT2D eigenvalue weighted by Crippen LogP contribution is 2.26. The van der Waals surface area contributed by atoms with Crippen molar-refractivity contribution in [3.05, 3.63) is 77.5 Å². The van der Waals surface area contributed by atoms with Crippen LogP contribution >= 0.6 is 0 Å². The zero-order valence-corrected chi connectivity index (χ0v) is 16.9. The van der Waals surface area contributed by atoms with Gasteiger partial charge in [0.25, 0.3) is 5.91 Å². The molecule has 1 aromatic heterocycles. The summed E-state index contributed by atoms with van der Waals surface area (Å²) in [5.74, 6) is 0.0433. The smallest absolute Gasteiger partial charge is 0.253 e. The Labute approximate surface area is 172 Å². The highest BCUT2D eigenvalue weighted by molar-refractivity contribution is 5.94. The first-order valence-electron chi connectivity index (χ1n) is 10.5. The fraction of sp³-hybridized carbons (Fsp3) is 0.360. The van der Waals surface area contributed by atoms with Crippen LogP contribution in [0.2, 0.25) is 0 Å². The van der Waals surface area contributed by atoms with Crippen molar-refractivity contribution in [3.8, 4) is 0 Å². The Morgan fingerprint density at radius 1 is 1.10 bits per heavy atom. The molecule has 4 heteroatoms. The van der Waals surface area contributed by atoms with Crippen LogP contribution in [0.3, 0.4) is 0 Å². The highest BCUT2D eigenvalue weighted by Gasteiger charge is 2.34. The number of nitrogens with zero attached hydrogens (tertiary/aromatic N) is 2. The van der Waals surface area contributed by atoms with Crippen LogP contribution < -0.4 is 0 Å². The van der Waals surface area contributed by atoms with Gasteiger partial charge < -0.3 is 10.0 Å². The second kappa shape index (κ2) is 8.75. The number of likely N-dealkylation sites (tertiary alicyclic amines) is 1. The van der Waals surface area contributed by atoms with E-state index in [0.29, 0.717) is 18.7 Å². The molecule has 29 heavy (non-hydrogen) atoms. The lowest BCUT2D eigenvalue weighted by Crippen LogP contribution is -2.29. The Morgan fingerprint density at radius 2 is 1.90 bits per heavy atom. The van der Waals surface area contributed by atoms with Crippen molar-refractivity contribution in [1.82, 2.24) is 9.88 Å². The number of amides is 1. The lowest BCUT2D eigenvalue weighted by Gasteiger charge is -2.17. The SMILES string of the molecule is CCCCc1ccc(C(=O)N2C[C@@H](Cc3ccnc4ccccc34)[C@H](O)C2)cc1. The van der Waals surface area contributed by atoms with Crippen LogP contribution in [-0.2, 0) is 12.8 Å². The molecule has 1 fully saturated rings. The Hall–Kier alpha value is -2.72. The van der Waals surface area contributed by atoms with Crippen molar-refractivity contribution in [2.45, 2.75) is 38.7 Å². The van der Waals surface area contributed by atoms with Gasteiger partial charge in [0.05, 0.1) is 11.6 Å². The third-order valence-electron chi connectivity index (χ3n) is 5.94. The molecule has 4 nitrogen and oxygen atoms in total. The fourth-order valence-electron chi connectivity index (χ4n) is 4.21. The van der Waals surface area contributed by atoms with Crippen LogP contribution in [0.25, 0.3) is 10.9 Å². The van der Waals surface area contributed by atoms with Crippen LogP contribution in [0.15, 0.2) is 60.8 Å². The van der Waals surface area contributed by atoms with Crippen LogP contribution in [0, 0.1) is 5.92 Å². The van der Waals surface area contributed by atoms with Gasteiger partial charge in [0, 0.05) is 36.2 Å². The van der Waals surface area contributed by atoms with E-state index in [9.17, 15) is 9.90 Å². The number of benzene rings is 2. The van der Waals surface area contributed by atoms with Gasteiger partial charge in [0.15, 0.2) is 0 Å². The second-order valence-electron chi connectivity index (χ2n) is 8.03. The van der Waals surface area contributed by atoms with Gasteiger partial charge in [0.2, 0.25) is 0 Å². The van der Waals surface area contributed by atoms with Crippen molar-refractivity contribution in [2.24, 2.45) is 5.92 Å². The van der Waals surface area contributed by atoms with E-state index in [1.165, 1.54) is 17.5 Å². The summed E-state index contributed by atoms with van der Waals surface area (Å²) >= 11 is 0. The van der Waals surface area contributed by atoms with Crippen LogP contribution in [0.4, 0.5) is 0 Å². The molecular weight excluding hydrogens is 360 g/mol. The Kier molecular flexibility index (Phi) is 5.91. The van der Waals surface area contributed by atoms with E-state index in [1.807, 2.05) is 42.6 Å². The molecule has 3 aromatic rings. The maximum Gasteiger partial charge on any atom is 0.253 e. The number of aromatic nitrogens is 1. The maximum atomic E-state index is 12.9. The van der Waals surface area contributed by atoms with Gasteiger partial charge in [-0.3, -0.25) is 9.78 Å². The van der Waals surface area contributed by atoms with Gasteiger partial charge in [0.1, 0.15) is 0 Å². The summed E-state index contributed by atoms with van der Waals surface area (Å²) in [6.45, 7) is 3.15. The third kappa shape index (κ3) is 4.33. The Bertz CT molecular complexity index is 978. The van der Waals surface area contributed by atoms with Gasteiger partial charge in [-0.25, -0.2) is 0 Å². The number of hydrogen-bond acceptors (Lipinski definition) is 3. The summed E-state index contributed by atoms with van der Waals surface area (Å²) in [4.78, 5) is 19.1. The summed E-state index contributed by atoms with van der Waals surface area (Å²) in [6.07, 6.45) is 5.44. The van der Waals surface area contributed by atoms with E-state index >= 15 is 0 Å². The van der Waals surface area contributed by atoms with E-state index in [-0.39, 0.29) is 11.8 Å². The number of pyridine rings is 1. The minimum absolute atomic E-state index is 0.00757. The first-order valence-corrected chi connectivity index (χ1v) is 10.5. The van der Waals surface area contributed by atoms with Crippen LogP contribution in [-0.4, -0.2) is 40.1 Å². The molecule has 1 saturated heterocycles. The zero-order chi connectivity index (χ0) is 20.2. The average Bonchev–Trinajstić information content (AvgIpc) is 3.12. The number of para-hydroxylation sites is 1. The molecule has 1 N–H and O–H groups in total. The van der Waals surface area contributed by atoms with Crippen molar-refractivity contribution in [1.29, 1.82) is 0 Å². The lowest BCUT2D eigenvalue weighted by atomic mass is 9.94. The van der Waals surface area contributed by atoms with Crippen molar-refractivity contribution in [3.63, 3.8) is 0 Å². The summed E-state index contributed by atoms with van der Waals surface area (Å²) < 4.78 is 0. The maximum absolute atomic E-state index is 12.9. The minimum atomic E-state index is -0.505. The molecule has 0 radical (unpaired) electrons. The number of unbranched alkanes of at least 4 members (excludes halogenated alkanes) is 1. The number of carbonyl (C=O) groups is 1. The number of carbonyl (C=O) groups excluding carboxylic acids is 1. The number of rotatable bonds is 6. The molecule has 0 bridgehead atoms. The predicted molar refractivity (Wildman–Crippen MR) is 116 cm³/mol. The second-order valence-corrected chi connectivity index (χ2v) is 8.03. The standard InChI is InChI=1S/C25H28N2O2/c1-2-3-6-18-9-11-19(12-10-18)25(29)27-16-21(24(28)17-27)15-20-13-14-26-23-8-5-4-7-22(20)23/h4-5,7-14,21,24,28H,2-3,6,15-17H2,1H3/t21-,24-/m1/s1. The molecule has 2 atom stereocenters.